The highest BCUT2D eigenvalue weighted by atomic mass is 16.2. The molecule has 0 N–H and O–H groups in total. The maximum Gasteiger partial charge on any atom is 0.254 e. The lowest BCUT2D eigenvalue weighted by Crippen LogP contribution is -2.51. The fraction of sp³-hybridized carbons (Fsp3) is 0.423. The molecule has 0 unspecified atom stereocenters. The number of carbonyl (C=O) groups excluding carboxylic acids is 1. The van der Waals surface area contributed by atoms with Gasteiger partial charge in [0.05, 0.1) is 12.2 Å². The van der Waals surface area contributed by atoms with Crippen LogP contribution in [-0.2, 0) is 10.8 Å². The van der Waals surface area contributed by atoms with Crippen molar-refractivity contribution in [2.75, 3.05) is 13.1 Å². The minimum absolute atomic E-state index is 0.0116. The predicted octanol–water partition coefficient (Wildman–Crippen LogP) is 5.24. The van der Waals surface area contributed by atoms with Gasteiger partial charge in [0.2, 0.25) is 0 Å². The highest BCUT2D eigenvalue weighted by Gasteiger charge is 2.34. The molecule has 0 bridgehead atoms. The van der Waals surface area contributed by atoms with Gasteiger partial charge in [0.1, 0.15) is 5.69 Å². The van der Waals surface area contributed by atoms with Gasteiger partial charge in [-0.3, -0.25) is 4.79 Å². The number of carbonyl (C=O) groups is 1. The second-order valence-electron chi connectivity index (χ2n) is 10.6. The first kappa shape index (κ1) is 21.3. The smallest absolute Gasteiger partial charge is 0.254 e. The van der Waals surface area contributed by atoms with Crippen molar-refractivity contribution in [3.63, 3.8) is 0 Å². The quantitative estimate of drug-likeness (QED) is 0.587. The summed E-state index contributed by atoms with van der Waals surface area (Å²) in [6.07, 6.45) is 1.97. The average Bonchev–Trinajstić information content (AvgIpc) is 3.15. The molecule has 4 rings (SSSR count). The van der Waals surface area contributed by atoms with Crippen molar-refractivity contribution in [1.82, 2.24) is 19.9 Å². The van der Waals surface area contributed by atoms with E-state index < -0.39 is 0 Å². The van der Waals surface area contributed by atoms with Crippen LogP contribution >= 0.6 is 0 Å². The number of rotatable bonds is 3. The molecule has 2 aromatic carbocycles. The normalized spacial score (nSPS) is 15.1. The number of likely N-dealkylation sites (tertiary alicyclic amines) is 1. The first-order chi connectivity index (χ1) is 14.5. The zero-order valence-corrected chi connectivity index (χ0v) is 19.4. The van der Waals surface area contributed by atoms with E-state index >= 15 is 0 Å². The molecule has 0 radical (unpaired) electrons. The van der Waals surface area contributed by atoms with E-state index in [2.05, 4.69) is 70.1 Å². The van der Waals surface area contributed by atoms with E-state index in [1.165, 1.54) is 11.1 Å². The minimum atomic E-state index is -0.0116. The van der Waals surface area contributed by atoms with Crippen LogP contribution in [0.3, 0.4) is 0 Å². The van der Waals surface area contributed by atoms with Crippen LogP contribution < -0.4 is 0 Å². The molecule has 3 aromatic rings. The third-order valence-electron chi connectivity index (χ3n) is 6.02. The van der Waals surface area contributed by atoms with Gasteiger partial charge in [-0.2, -0.15) is 0 Å². The lowest BCUT2D eigenvalue weighted by Gasteiger charge is -2.39. The molecule has 0 atom stereocenters. The zero-order chi connectivity index (χ0) is 22.4. The summed E-state index contributed by atoms with van der Waals surface area (Å²) in [7, 11) is 0. The van der Waals surface area contributed by atoms with Crippen molar-refractivity contribution in [2.45, 2.75) is 58.4 Å². The molecule has 2 heterocycles. The van der Waals surface area contributed by atoms with Crippen LogP contribution in [0.4, 0.5) is 0 Å². The summed E-state index contributed by atoms with van der Waals surface area (Å²) in [6.45, 7) is 14.5. The Morgan fingerprint density at radius 3 is 2.03 bits per heavy atom. The van der Waals surface area contributed by atoms with Crippen LogP contribution in [0.2, 0.25) is 0 Å². The van der Waals surface area contributed by atoms with Crippen molar-refractivity contribution >= 4 is 5.91 Å². The number of benzene rings is 2. The van der Waals surface area contributed by atoms with Crippen LogP contribution in [0.5, 0.6) is 0 Å². The van der Waals surface area contributed by atoms with Gasteiger partial charge in [0.25, 0.3) is 5.91 Å². The van der Waals surface area contributed by atoms with Gasteiger partial charge in [-0.1, -0.05) is 83.2 Å². The third kappa shape index (κ3) is 4.41. The SMILES string of the molecule is CC(C)(C)c1cc(C(=O)N2CC(n3cc(-c4ccccc4)nn3)C2)cc(C(C)(C)C)c1. The molecule has 1 saturated heterocycles. The van der Waals surface area contributed by atoms with Gasteiger partial charge >= 0.3 is 0 Å². The monoisotopic (exact) mass is 416 g/mol. The maximum atomic E-state index is 13.3. The Morgan fingerprint density at radius 2 is 1.48 bits per heavy atom. The molecule has 1 aromatic heterocycles. The largest absolute Gasteiger partial charge is 0.334 e. The number of hydrogen-bond acceptors (Lipinski definition) is 3. The molecule has 0 aliphatic carbocycles. The topological polar surface area (TPSA) is 51.0 Å². The average molecular weight is 417 g/mol. The summed E-state index contributed by atoms with van der Waals surface area (Å²) in [5.74, 6) is 0.0937. The van der Waals surface area contributed by atoms with Crippen LogP contribution in [0.15, 0.2) is 54.7 Å². The predicted molar refractivity (Wildman–Crippen MR) is 124 cm³/mol. The minimum Gasteiger partial charge on any atom is -0.334 e. The van der Waals surface area contributed by atoms with Gasteiger partial charge in [0.15, 0.2) is 0 Å². The number of amides is 1. The van der Waals surface area contributed by atoms with Crippen LogP contribution in [0.1, 0.15) is 69.1 Å². The Bertz CT molecular complexity index is 1050. The molecule has 0 spiro atoms. The summed E-state index contributed by atoms with van der Waals surface area (Å²) in [6, 6.07) is 16.6. The number of hydrogen-bond donors (Lipinski definition) is 0. The third-order valence-corrected chi connectivity index (χ3v) is 6.02. The van der Waals surface area contributed by atoms with E-state index in [9.17, 15) is 4.79 Å². The Balaban J connectivity index is 1.50. The van der Waals surface area contributed by atoms with Crippen molar-refractivity contribution in [3.8, 4) is 11.3 Å². The lowest BCUT2D eigenvalue weighted by atomic mass is 9.79. The fourth-order valence-electron chi connectivity index (χ4n) is 3.78. The van der Waals surface area contributed by atoms with Gasteiger partial charge in [-0.25, -0.2) is 4.68 Å². The molecule has 1 fully saturated rings. The van der Waals surface area contributed by atoms with E-state index in [0.717, 1.165) is 16.8 Å². The second-order valence-corrected chi connectivity index (χ2v) is 10.6. The summed E-state index contributed by atoms with van der Waals surface area (Å²) in [5.41, 5.74) is 5.06. The van der Waals surface area contributed by atoms with Gasteiger partial charge < -0.3 is 4.90 Å². The molecule has 31 heavy (non-hydrogen) atoms. The van der Waals surface area contributed by atoms with Crippen molar-refractivity contribution in [1.29, 1.82) is 0 Å². The summed E-state index contributed by atoms with van der Waals surface area (Å²) in [4.78, 5) is 15.2. The van der Waals surface area contributed by atoms with Crippen LogP contribution in [-0.4, -0.2) is 38.9 Å². The molecule has 5 heteroatoms. The highest BCUT2D eigenvalue weighted by molar-refractivity contribution is 5.95. The Morgan fingerprint density at radius 1 is 0.903 bits per heavy atom. The first-order valence-corrected chi connectivity index (χ1v) is 10.9. The fourth-order valence-corrected chi connectivity index (χ4v) is 3.78. The van der Waals surface area contributed by atoms with Gasteiger partial charge in [-0.15, -0.1) is 5.10 Å². The van der Waals surface area contributed by atoms with Gasteiger partial charge in [0, 0.05) is 24.2 Å². The second kappa shape index (κ2) is 7.63. The Labute approximate surface area is 185 Å². The van der Waals surface area contributed by atoms with Gasteiger partial charge in [-0.05, 0) is 34.1 Å². The molecule has 1 amide bonds. The zero-order valence-electron chi connectivity index (χ0n) is 19.4. The first-order valence-electron chi connectivity index (χ1n) is 10.9. The molecule has 0 saturated carbocycles. The summed E-state index contributed by atoms with van der Waals surface area (Å²) < 4.78 is 1.89. The van der Waals surface area contributed by atoms with Crippen molar-refractivity contribution in [2.24, 2.45) is 0 Å². The van der Waals surface area contributed by atoms with E-state index in [0.29, 0.717) is 13.1 Å². The molecule has 162 valence electrons. The van der Waals surface area contributed by atoms with E-state index in [-0.39, 0.29) is 22.8 Å². The van der Waals surface area contributed by atoms with E-state index in [1.54, 1.807) is 0 Å². The maximum absolute atomic E-state index is 13.3. The Kier molecular flexibility index (Phi) is 5.24. The van der Waals surface area contributed by atoms with Crippen LogP contribution in [0, 0.1) is 0 Å². The van der Waals surface area contributed by atoms with Crippen molar-refractivity contribution in [3.05, 3.63) is 71.4 Å². The Hall–Kier alpha value is -2.95. The number of aromatic nitrogens is 3. The van der Waals surface area contributed by atoms with Crippen molar-refractivity contribution < 1.29 is 4.79 Å². The van der Waals surface area contributed by atoms with E-state index in [4.69, 9.17) is 0 Å². The lowest BCUT2D eigenvalue weighted by molar-refractivity contribution is 0.0498. The van der Waals surface area contributed by atoms with Crippen LogP contribution in [0.25, 0.3) is 11.3 Å². The standard InChI is InChI=1S/C26H32N4O/c1-25(2,3)20-12-19(13-21(14-20)26(4,5)6)24(31)29-15-22(16-29)30-17-23(27-28-30)18-10-8-7-9-11-18/h7-14,17,22H,15-16H2,1-6H3. The molecular weight excluding hydrogens is 384 g/mol. The number of nitrogens with zero attached hydrogens (tertiary/aromatic N) is 4. The molecule has 1 aliphatic heterocycles. The van der Waals surface area contributed by atoms with E-state index in [1.807, 2.05) is 46.1 Å². The molecular formula is C26H32N4O. The summed E-state index contributed by atoms with van der Waals surface area (Å²) in [5, 5.41) is 8.61. The summed E-state index contributed by atoms with van der Waals surface area (Å²) >= 11 is 0. The molecule has 1 aliphatic rings. The molecule has 5 nitrogen and oxygen atoms in total. The highest BCUT2D eigenvalue weighted by Crippen LogP contribution is 2.32.